The maximum absolute atomic E-state index is 5.84. The summed E-state index contributed by atoms with van der Waals surface area (Å²) in [6, 6.07) is 15.8. The monoisotopic (exact) mass is 408 g/mol. The van der Waals surface area contributed by atoms with Gasteiger partial charge in [0.2, 0.25) is 11.7 Å². The van der Waals surface area contributed by atoms with Crippen molar-refractivity contribution in [2.24, 2.45) is 0 Å². The average Bonchev–Trinajstić information content (AvgIpc) is 3.24. The minimum Gasteiger partial charge on any atom is -0.497 e. The van der Waals surface area contributed by atoms with Crippen LogP contribution in [0.3, 0.4) is 0 Å². The Morgan fingerprint density at radius 1 is 0.933 bits per heavy atom. The summed E-state index contributed by atoms with van der Waals surface area (Å²) in [7, 11) is 1.66. The quantitative estimate of drug-likeness (QED) is 0.567. The third-order valence-corrected chi connectivity index (χ3v) is 5.41. The zero-order valence-electron chi connectivity index (χ0n) is 17.6. The van der Waals surface area contributed by atoms with Gasteiger partial charge in [-0.1, -0.05) is 29.4 Å². The zero-order valence-corrected chi connectivity index (χ0v) is 17.6. The highest BCUT2D eigenvalue weighted by atomic mass is 16.5. The molecular formula is C23H28N4O3. The second-order valence-corrected chi connectivity index (χ2v) is 7.47. The molecule has 1 saturated heterocycles. The van der Waals surface area contributed by atoms with Crippen molar-refractivity contribution >= 4 is 0 Å². The van der Waals surface area contributed by atoms with Crippen molar-refractivity contribution in [3.63, 3.8) is 0 Å². The lowest BCUT2D eigenvalue weighted by Crippen LogP contribution is -2.47. The summed E-state index contributed by atoms with van der Waals surface area (Å²) >= 11 is 0. The molecule has 2 heterocycles. The number of benzene rings is 2. The molecule has 0 atom stereocenters. The molecule has 2 aromatic carbocycles. The van der Waals surface area contributed by atoms with Gasteiger partial charge in [0.1, 0.15) is 18.1 Å². The predicted octanol–water partition coefficient (Wildman–Crippen LogP) is 3.25. The summed E-state index contributed by atoms with van der Waals surface area (Å²) in [4.78, 5) is 9.37. The first-order chi connectivity index (χ1) is 14.7. The molecule has 1 aliphatic heterocycles. The Kier molecular flexibility index (Phi) is 6.61. The average molecular weight is 409 g/mol. The van der Waals surface area contributed by atoms with Crippen molar-refractivity contribution in [1.82, 2.24) is 19.9 Å². The molecule has 0 N–H and O–H groups in total. The van der Waals surface area contributed by atoms with E-state index < -0.39 is 0 Å². The highest BCUT2D eigenvalue weighted by Gasteiger charge is 2.19. The molecule has 30 heavy (non-hydrogen) atoms. The van der Waals surface area contributed by atoms with E-state index in [0.717, 1.165) is 55.3 Å². The third-order valence-electron chi connectivity index (χ3n) is 5.41. The number of aryl methyl sites for hydroxylation is 1. The van der Waals surface area contributed by atoms with E-state index >= 15 is 0 Å². The van der Waals surface area contributed by atoms with Gasteiger partial charge in [-0.3, -0.25) is 9.80 Å². The van der Waals surface area contributed by atoms with E-state index in [0.29, 0.717) is 24.9 Å². The molecule has 4 rings (SSSR count). The number of ether oxygens (including phenoxy) is 2. The standard InChI is InChI=1S/C23H28N4O3/c1-18-5-3-4-6-21(18)23-24-22(30-25-23)17-27-13-11-26(12-14-27)15-16-29-20-9-7-19(28-2)8-10-20/h3-10H,11-17H2,1-2H3. The van der Waals surface area contributed by atoms with E-state index in [-0.39, 0.29) is 0 Å². The Balaban J connectivity index is 1.20. The highest BCUT2D eigenvalue weighted by molar-refractivity contribution is 5.58. The lowest BCUT2D eigenvalue weighted by atomic mass is 10.1. The van der Waals surface area contributed by atoms with Crippen molar-refractivity contribution in [3.05, 3.63) is 60.0 Å². The molecule has 0 bridgehead atoms. The molecule has 0 radical (unpaired) electrons. The van der Waals surface area contributed by atoms with Crippen molar-refractivity contribution in [3.8, 4) is 22.9 Å². The Morgan fingerprint density at radius 2 is 1.63 bits per heavy atom. The summed E-state index contributed by atoms with van der Waals surface area (Å²) in [5.41, 5.74) is 2.17. The summed E-state index contributed by atoms with van der Waals surface area (Å²) in [6.07, 6.45) is 0. The highest BCUT2D eigenvalue weighted by Crippen LogP contribution is 2.20. The van der Waals surface area contributed by atoms with Gasteiger partial charge in [0.05, 0.1) is 13.7 Å². The topological polar surface area (TPSA) is 63.9 Å². The van der Waals surface area contributed by atoms with Crippen LogP contribution < -0.4 is 9.47 Å². The molecule has 7 nitrogen and oxygen atoms in total. The number of rotatable bonds is 8. The van der Waals surface area contributed by atoms with E-state index in [9.17, 15) is 0 Å². The van der Waals surface area contributed by atoms with Gasteiger partial charge in [-0.05, 0) is 36.8 Å². The number of aromatic nitrogens is 2. The SMILES string of the molecule is COc1ccc(OCCN2CCN(Cc3nc(-c4ccccc4C)no3)CC2)cc1. The zero-order chi connectivity index (χ0) is 20.8. The van der Waals surface area contributed by atoms with Crippen LogP contribution in [0.1, 0.15) is 11.5 Å². The van der Waals surface area contributed by atoms with E-state index in [1.54, 1.807) is 7.11 Å². The molecular weight excluding hydrogens is 380 g/mol. The first-order valence-electron chi connectivity index (χ1n) is 10.3. The van der Waals surface area contributed by atoms with Crippen molar-refractivity contribution < 1.29 is 14.0 Å². The lowest BCUT2D eigenvalue weighted by molar-refractivity contribution is 0.104. The normalized spacial score (nSPS) is 15.3. The van der Waals surface area contributed by atoms with E-state index in [2.05, 4.69) is 32.9 Å². The van der Waals surface area contributed by atoms with Crippen LogP contribution in [0.25, 0.3) is 11.4 Å². The number of hydrogen-bond acceptors (Lipinski definition) is 7. The maximum Gasteiger partial charge on any atom is 0.241 e. The molecule has 1 fully saturated rings. The molecule has 0 spiro atoms. The van der Waals surface area contributed by atoms with Crippen LogP contribution in [0.2, 0.25) is 0 Å². The molecule has 1 aliphatic rings. The summed E-state index contributed by atoms with van der Waals surface area (Å²) in [6.45, 7) is 8.30. The maximum atomic E-state index is 5.84. The summed E-state index contributed by atoms with van der Waals surface area (Å²) in [5.74, 6) is 3.04. The Bertz CT molecular complexity index is 934. The minimum absolute atomic E-state index is 0.664. The molecule has 0 saturated carbocycles. The predicted molar refractivity (Wildman–Crippen MR) is 115 cm³/mol. The van der Waals surface area contributed by atoms with Gasteiger partial charge in [-0.15, -0.1) is 0 Å². The second kappa shape index (κ2) is 9.73. The van der Waals surface area contributed by atoms with Gasteiger partial charge >= 0.3 is 0 Å². The molecule has 0 unspecified atom stereocenters. The molecule has 158 valence electrons. The number of nitrogens with zero attached hydrogens (tertiary/aromatic N) is 4. The summed E-state index contributed by atoms with van der Waals surface area (Å²) in [5, 5.41) is 4.16. The van der Waals surface area contributed by atoms with Crippen LogP contribution in [0.4, 0.5) is 0 Å². The van der Waals surface area contributed by atoms with Gasteiger partial charge in [-0.2, -0.15) is 4.98 Å². The first kappa shape index (κ1) is 20.4. The second-order valence-electron chi connectivity index (χ2n) is 7.47. The van der Waals surface area contributed by atoms with Crippen molar-refractivity contribution in [2.75, 3.05) is 46.4 Å². The van der Waals surface area contributed by atoms with Crippen LogP contribution in [-0.4, -0.2) is 66.4 Å². The minimum atomic E-state index is 0.664. The Hall–Kier alpha value is -2.90. The van der Waals surface area contributed by atoms with Gasteiger partial charge < -0.3 is 14.0 Å². The fourth-order valence-corrected chi connectivity index (χ4v) is 3.58. The van der Waals surface area contributed by atoms with Crippen LogP contribution in [0.15, 0.2) is 53.1 Å². The largest absolute Gasteiger partial charge is 0.497 e. The van der Waals surface area contributed by atoms with Crippen LogP contribution >= 0.6 is 0 Å². The van der Waals surface area contributed by atoms with Crippen LogP contribution in [0, 0.1) is 6.92 Å². The van der Waals surface area contributed by atoms with E-state index in [1.807, 2.05) is 42.5 Å². The Labute approximate surface area is 177 Å². The third kappa shape index (κ3) is 5.17. The van der Waals surface area contributed by atoms with E-state index in [1.165, 1.54) is 0 Å². The molecule has 7 heteroatoms. The number of methoxy groups -OCH3 is 1. The smallest absolute Gasteiger partial charge is 0.241 e. The lowest BCUT2D eigenvalue weighted by Gasteiger charge is -2.33. The Morgan fingerprint density at radius 3 is 2.37 bits per heavy atom. The first-order valence-corrected chi connectivity index (χ1v) is 10.3. The van der Waals surface area contributed by atoms with Crippen LogP contribution in [-0.2, 0) is 6.54 Å². The molecule has 3 aromatic rings. The van der Waals surface area contributed by atoms with Crippen molar-refractivity contribution in [1.29, 1.82) is 0 Å². The van der Waals surface area contributed by atoms with Gasteiger partial charge in [0, 0.05) is 38.3 Å². The van der Waals surface area contributed by atoms with Gasteiger partial charge in [0.15, 0.2) is 0 Å². The van der Waals surface area contributed by atoms with E-state index in [4.69, 9.17) is 14.0 Å². The molecule has 0 aliphatic carbocycles. The fourth-order valence-electron chi connectivity index (χ4n) is 3.58. The van der Waals surface area contributed by atoms with Crippen LogP contribution in [0.5, 0.6) is 11.5 Å². The molecule has 0 amide bonds. The fraction of sp³-hybridized carbons (Fsp3) is 0.391. The number of hydrogen-bond donors (Lipinski definition) is 0. The number of piperazine rings is 1. The van der Waals surface area contributed by atoms with Gasteiger partial charge in [-0.25, -0.2) is 0 Å². The van der Waals surface area contributed by atoms with Gasteiger partial charge in [0.25, 0.3) is 0 Å². The molecule has 1 aromatic heterocycles. The summed E-state index contributed by atoms with van der Waals surface area (Å²) < 4.78 is 16.5. The van der Waals surface area contributed by atoms with Crippen molar-refractivity contribution in [2.45, 2.75) is 13.5 Å².